The summed E-state index contributed by atoms with van der Waals surface area (Å²) in [7, 11) is 0. The lowest BCUT2D eigenvalue weighted by atomic mass is 10.2. The minimum absolute atomic E-state index is 0.301. The van der Waals surface area contributed by atoms with Crippen molar-refractivity contribution in [2.75, 3.05) is 5.73 Å². The van der Waals surface area contributed by atoms with E-state index in [4.69, 9.17) is 10.9 Å². The van der Waals surface area contributed by atoms with Gasteiger partial charge in [0.25, 0.3) is 0 Å². The number of halogens is 1. The Morgan fingerprint density at radius 3 is 2.64 bits per heavy atom. The van der Waals surface area contributed by atoms with Gasteiger partial charge in [0.1, 0.15) is 5.82 Å². The molecule has 0 aromatic heterocycles. The van der Waals surface area contributed by atoms with Crippen LogP contribution in [0.4, 0.5) is 10.1 Å². The van der Waals surface area contributed by atoms with Crippen molar-refractivity contribution in [2.45, 2.75) is 11.8 Å². The molecule has 4 N–H and O–H groups in total. The van der Waals surface area contributed by atoms with Gasteiger partial charge in [-0.2, -0.15) is 0 Å². The number of nitrogens with two attached hydrogens (primary N) is 2. The molecule has 0 bridgehead atoms. The van der Waals surface area contributed by atoms with Crippen molar-refractivity contribution in [3.63, 3.8) is 0 Å². The number of aryl methyl sites for hydroxylation is 1. The topological polar surface area (TPSA) is 52.0 Å². The van der Waals surface area contributed by atoms with Crippen LogP contribution in [0.3, 0.4) is 0 Å². The van der Waals surface area contributed by atoms with Crippen molar-refractivity contribution in [1.29, 1.82) is 0 Å². The second-order valence-electron chi connectivity index (χ2n) is 2.25. The molecule has 0 heterocycles. The van der Waals surface area contributed by atoms with Crippen LogP contribution in [-0.2, 0) is 0 Å². The van der Waals surface area contributed by atoms with Gasteiger partial charge in [-0.15, -0.1) is 0 Å². The van der Waals surface area contributed by atoms with E-state index in [1.165, 1.54) is 12.1 Å². The van der Waals surface area contributed by atoms with Crippen LogP contribution in [0.5, 0.6) is 0 Å². The lowest BCUT2D eigenvalue weighted by Crippen LogP contribution is -1.95. The van der Waals surface area contributed by atoms with E-state index in [9.17, 15) is 4.39 Å². The molecule has 1 rings (SSSR count). The van der Waals surface area contributed by atoms with Crippen LogP contribution >= 0.6 is 11.9 Å². The molecular weight excluding hydrogens is 163 g/mol. The maximum atomic E-state index is 12.7. The van der Waals surface area contributed by atoms with Crippen molar-refractivity contribution >= 4 is 17.6 Å². The molecule has 0 amide bonds. The van der Waals surface area contributed by atoms with E-state index < -0.39 is 0 Å². The second kappa shape index (κ2) is 3.11. The lowest BCUT2D eigenvalue weighted by molar-refractivity contribution is 0.623. The molecule has 2 nitrogen and oxygen atoms in total. The predicted octanol–water partition coefficient (Wildman–Crippen LogP) is 1.68. The zero-order valence-corrected chi connectivity index (χ0v) is 6.91. The summed E-state index contributed by atoms with van der Waals surface area (Å²) in [6, 6.07) is 2.71. The summed E-state index contributed by atoms with van der Waals surface area (Å²) in [5, 5.41) is 5.26. The standard InChI is InChI=1S/C7H9FN2S/c1-4-2-5(8)3-6(11-10)7(4)9/h2-3H,9-10H2,1H3. The van der Waals surface area contributed by atoms with E-state index in [1.807, 2.05) is 0 Å². The Hall–Kier alpha value is -0.740. The molecule has 0 atom stereocenters. The zero-order valence-electron chi connectivity index (χ0n) is 6.10. The number of rotatable bonds is 1. The SMILES string of the molecule is Cc1cc(F)cc(SN)c1N. The summed E-state index contributed by atoms with van der Waals surface area (Å²) >= 11 is 0.959. The Kier molecular flexibility index (Phi) is 2.36. The summed E-state index contributed by atoms with van der Waals surface area (Å²) < 4.78 is 12.7. The first kappa shape index (κ1) is 8.36. The van der Waals surface area contributed by atoms with Gasteiger partial charge in [-0.25, -0.2) is 4.39 Å². The van der Waals surface area contributed by atoms with Gasteiger partial charge in [-0.3, -0.25) is 5.14 Å². The number of hydrogen-bond donors (Lipinski definition) is 2. The van der Waals surface area contributed by atoms with Crippen molar-refractivity contribution in [1.82, 2.24) is 0 Å². The molecule has 1 aromatic carbocycles. The molecule has 60 valence electrons. The number of benzene rings is 1. The highest BCUT2D eigenvalue weighted by Crippen LogP contribution is 2.24. The van der Waals surface area contributed by atoms with Gasteiger partial charge < -0.3 is 5.73 Å². The quantitative estimate of drug-likeness (QED) is 0.500. The van der Waals surface area contributed by atoms with Gasteiger partial charge in [0.2, 0.25) is 0 Å². The molecule has 0 saturated carbocycles. The highest BCUT2D eigenvalue weighted by atomic mass is 32.2. The third kappa shape index (κ3) is 1.64. The molecule has 0 radical (unpaired) electrons. The maximum absolute atomic E-state index is 12.7. The third-order valence-corrected chi connectivity index (χ3v) is 2.03. The molecule has 4 heteroatoms. The first-order valence-corrected chi connectivity index (χ1v) is 3.95. The van der Waals surface area contributed by atoms with Crippen LogP contribution in [0.25, 0.3) is 0 Å². The molecule has 0 aliphatic carbocycles. The summed E-state index contributed by atoms with van der Waals surface area (Å²) in [5.41, 5.74) is 6.87. The fourth-order valence-electron chi connectivity index (χ4n) is 0.821. The highest BCUT2D eigenvalue weighted by molar-refractivity contribution is 7.97. The second-order valence-corrected chi connectivity index (χ2v) is 2.93. The molecule has 0 fully saturated rings. The van der Waals surface area contributed by atoms with Gasteiger partial charge in [-0.1, -0.05) is 0 Å². The average molecular weight is 172 g/mol. The highest BCUT2D eigenvalue weighted by Gasteiger charge is 2.03. The zero-order chi connectivity index (χ0) is 8.43. The number of hydrogen-bond acceptors (Lipinski definition) is 3. The molecule has 0 saturated heterocycles. The summed E-state index contributed by atoms with van der Waals surface area (Å²) in [6.45, 7) is 1.75. The summed E-state index contributed by atoms with van der Waals surface area (Å²) in [5.74, 6) is -0.301. The molecule has 0 unspecified atom stereocenters. The summed E-state index contributed by atoms with van der Waals surface area (Å²) in [6.07, 6.45) is 0. The Morgan fingerprint density at radius 1 is 1.45 bits per heavy atom. The van der Waals surface area contributed by atoms with E-state index in [1.54, 1.807) is 6.92 Å². The van der Waals surface area contributed by atoms with Crippen molar-refractivity contribution < 1.29 is 4.39 Å². The average Bonchev–Trinajstić information content (AvgIpc) is 1.96. The van der Waals surface area contributed by atoms with Gasteiger partial charge in [0, 0.05) is 10.6 Å². The van der Waals surface area contributed by atoms with E-state index in [-0.39, 0.29) is 5.82 Å². The van der Waals surface area contributed by atoms with Crippen LogP contribution in [0.2, 0.25) is 0 Å². The maximum Gasteiger partial charge on any atom is 0.124 e. The Labute approximate surface area is 68.9 Å². The van der Waals surface area contributed by atoms with E-state index in [0.717, 1.165) is 17.5 Å². The van der Waals surface area contributed by atoms with Crippen LogP contribution in [0.1, 0.15) is 5.56 Å². The van der Waals surface area contributed by atoms with E-state index >= 15 is 0 Å². The first-order chi connectivity index (χ1) is 5.15. The fourth-order valence-corrected chi connectivity index (χ4v) is 1.29. The van der Waals surface area contributed by atoms with E-state index in [0.29, 0.717) is 10.6 Å². The number of anilines is 1. The van der Waals surface area contributed by atoms with Crippen LogP contribution < -0.4 is 10.9 Å². The van der Waals surface area contributed by atoms with Gasteiger partial charge in [-0.05, 0) is 36.6 Å². The van der Waals surface area contributed by atoms with Gasteiger partial charge >= 0.3 is 0 Å². The summed E-state index contributed by atoms with van der Waals surface area (Å²) in [4.78, 5) is 0.586. The van der Waals surface area contributed by atoms with Crippen LogP contribution in [0, 0.1) is 12.7 Å². The molecule has 11 heavy (non-hydrogen) atoms. The van der Waals surface area contributed by atoms with Gasteiger partial charge in [0.15, 0.2) is 0 Å². The number of nitrogen functional groups attached to an aromatic ring is 1. The Balaban J connectivity index is 3.24. The lowest BCUT2D eigenvalue weighted by Gasteiger charge is -2.04. The Bertz CT molecular complexity index is 275. The monoisotopic (exact) mass is 172 g/mol. The molecular formula is C7H9FN2S. The first-order valence-electron chi connectivity index (χ1n) is 3.07. The Morgan fingerprint density at radius 2 is 2.09 bits per heavy atom. The van der Waals surface area contributed by atoms with Gasteiger partial charge in [0.05, 0.1) is 0 Å². The van der Waals surface area contributed by atoms with Crippen LogP contribution in [0.15, 0.2) is 17.0 Å². The normalized spacial score (nSPS) is 10.1. The molecule has 1 aromatic rings. The minimum Gasteiger partial charge on any atom is -0.398 e. The fraction of sp³-hybridized carbons (Fsp3) is 0.143. The largest absolute Gasteiger partial charge is 0.398 e. The molecule has 0 aliphatic rings. The van der Waals surface area contributed by atoms with Crippen molar-refractivity contribution in [3.05, 3.63) is 23.5 Å². The smallest absolute Gasteiger partial charge is 0.124 e. The van der Waals surface area contributed by atoms with E-state index in [2.05, 4.69) is 0 Å². The van der Waals surface area contributed by atoms with Crippen LogP contribution in [-0.4, -0.2) is 0 Å². The van der Waals surface area contributed by atoms with Crippen molar-refractivity contribution in [3.8, 4) is 0 Å². The van der Waals surface area contributed by atoms with Crippen molar-refractivity contribution in [2.24, 2.45) is 5.14 Å². The third-order valence-electron chi connectivity index (χ3n) is 1.44. The molecule has 0 aliphatic heterocycles. The predicted molar refractivity (Wildman–Crippen MR) is 45.6 cm³/mol. The molecule has 0 spiro atoms. The minimum atomic E-state index is -0.301.